The molecule has 1 spiro atoms. The van der Waals surface area contributed by atoms with E-state index in [4.69, 9.17) is 21.1 Å². The molecule has 0 saturated carbocycles. The number of hydrogen-bond acceptors (Lipinski definition) is 4. The van der Waals surface area contributed by atoms with Crippen molar-refractivity contribution in [3.05, 3.63) is 76.6 Å². The predicted octanol–water partition coefficient (Wildman–Crippen LogP) is 4.96. The largest absolute Gasteiger partial charge is 0.491 e. The number of β-amino-alcohol motifs (C(OH)–C–C–N with tert-alkyl or cyclic N) is 1. The van der Waals surface area contributed by atoms with Gasteiger partial charge >= 0.3 is 0 Å². The summed E-state index contributed by atoms with van der Waals surface area (Å²) in [4.78, 5) is 2.31. The third-order valence-corrected chi connectivity index (χ3v) is 7.12. The zero-order valence-corrected chi connectivity index (χ0v) is 20.0. The van der Waals surface area contributed by atoms with Crippen LogP contribution in [0.5, 0.6) is 11.5 Å². The van der Waals surface area contributed by atoms with Crippen LogP contribution < -0.4 is 9.47 Å². The van der Waals surface area contributed by atoms with Crippen LogP contribution in [0.4, 0.5) is 0 Å². The maximum absolute atomic E-state index is 10.6. The molecule has 0 radical (unpaired) electrons. The predicted molar refractivity (Wildman–Crippen MR) is 131 cm³/mol. The highest BCUT2D eigenvalue weighted by Crippen LogP contribution is 2.41. The standard InChI is InChI=1S/C27H31ClN2O3/c1-19-6-7-20(2)30(19)23-4-3-5-25(15-23)32-18-24(31)17-29-12-10-27(11-13-29)16-21-14-22(28)8-9-26(21)33-27/h3-9,14-15,24,31H,10-13,16-18H2,1-2H3/t24-/m0/s1. The molecular formula is C27H31ClN2O3. The van der Waals surface area contributed by atoms with E-state index in [0.717, 1.165) is 54.6 Å². The minimum atomic E-state index is -0.543. The fourth-order valence-electron chi connectivity index (χ4n) is 5.16. The summed E-state index contributed by atoms with van der Waals surface area (Å²) in [5.41, 5.74) is 4.52. The van der Waals surface area contributed by atoms with E-state index >= 15 is 0 Å². The van der Waals surface area contributed by atoms with E-state index in [0.29, 0.717) is 6.54 Å². The number of hydrogen-bond donors (Lipinski definition) is 1. The fraction of sp³-hybridized carbons (Fsp3) is 0.407. The van der Waals surface area contributed by atoms with Crippen LogP contribution in [0.1, 0.15) is 29.8 Å². The van der Waals surface area contributed by atoms with Crippen molar-refractivity contribution in [1.82, 2.24) is 9.47 Å². The van der Waals surface area contributed by atoms with Gasteiger partial charge in [-0.25, -0.2) is 0 Å². The SMILES string of the molecule is Cc1ccc(C)n1-c1cccc(OC[C@@H](O)CN2CCC3(CC2)Cc2cc(Cl)ccc2O3)c1. The van der Waals surface area contributed by atoms with Crippen molar-refractivity contribution in [2.75, 3.05) is 26.2 Å². The Kier molecular flexibility index (Phi) is 6.12. The molecule has 2 aliphatic heterocycles. The highest BCUT2D eigenvalue weighted by atomic mass is 35.5. The quantitative estimate of drug-likeness (QED) is 0.558. The molecule has 1 atom stereocenters. The van der Waals surface area contributed by atoms with Gasteiger partial charge in [0.05, 0.1) is 0 Å². The minimum Gasteiger partial charge on any atom is -0.491 e. The molecule has 1 fully saturated rings. The van der Waals surface area contributed by atoms with Gasteiger partial charge < -0.3 is 24.0 Å². The van der Waals surface area contributed by atoms with E-state index in [-0.39, 0.29) is 12.2 Å². The van der Waals surface area contributed by atoms with Crippen molar-refractivity contribution >= 4 is 11.6 Å². The van der Waals surface area contributed by atoms with E-state index in [1.54, 1.807) is 0 Å². The Morgan fingerprint density at radius 1 is 1.06 bits per heavy atom. The van der Waals surface area contributed by atoms with Crippen LogP contribution in [-0.2, 0) is 6.42 Å². The molecule has 174 valence electrons. The lowest BCUT2D eigenvalue weighted by molar-refractivity contribution is -0.00195. The minimum absolute atomic E-state index is 0.125. The van der Waals surface area contributed by atoms with Crippen LogP contribution in [0.15, 0.2) is 54.6 Å². The number of aliphatic hydroxyl groups excluding tert-OH is 1. The summed E-state index contributed by atoms with van der Waals surface area (Å²) >= 11 is 6.15. The second kappa shape index (κ2) is 9.05. The smallest absolute Gasteiger partial charge is 0.123 e. The Balaban J connectivity index is 1.12. The van der Waals surface area contributed by atoms with E-state index in [1.807, 2.05) is 36.4 Å². The highest BCUT2D eigenvalue weighted by molar-refractivity contribution is 6.30. The third-order valence-electron chi connectivity index (χ3n) is 6.89. The number of rotatable bonds is 6. The van der Waals surface area contributed by atoms with Crippen molar-refractivity contribution in [3.8, 4) is 17.2 Å². The molecule has 0 amide bonds. The van der Waals surface area contributed by atoms with Gasteiger partial charge in [0, 0.05) is 67.1 Å². The number of ether oxygens (including phenoxy) is 2. The molecule has 1 aromatic heterocycles. The molecule has 0 aliphatic carbocycles. The van der Waals surface area contributed by atoms with Crippen molar-refractivity contribution in [2.24, 2.45) is 0 Å². The molecule has 1 saturated heterocycles. The molecule has 0 bridgehead atoms. The van der Waals surface area contributed by atoms with Gasteiger partial charge in [-0.1, -0.05) is 17.7 Å². The summed E-state index contributed by atoms with van der Waals surface area (Å²) in [6.45, 7) is 6.87. The average Bonchev–Trinajstić information content (AvgIpc) is 3.32. The number of aromatic nitrogens is 1. The van der Waals surface area contributed by atoms with E-state index in [9.17, 15) is 5.11 Å². The number of likely N-dealkylation sites (tertiary alicyclic amines) is 1. The summed E-state index contributed by atoms with van der Waals surface area (Å²) in [6, 6.07) is 18.1. The normalized spacial score (nSPS) is 18.2. The van der Waals surface area contributed by atoms with Crippen molar-refractivity contribution in [2.45, 2.75) is 44.8 Å². The summed E-state index contributed by atoms with van der Waals surface area (Å²) in [6.07, 6.45) is 2.27. The Hall–Kier alpha value is -2.47. The van der Waals surface area contributed by atoms with Gasteiger partial charge in [-0.15, -0.1) is 0 Å². The maximum atomic E-state index is 10.6. The monoisotopic (exact) mass is 466 g/mol. The molecule has 5 rings (SSSR count). The van der Waals surface area contributed by atoms with Gasteiger partial charge in [0.2, 0.25) is 0 Å². The van der Waals surface area contributed by atoms with Crippen LogP contribution in [0.2, 0.25) is 5.02 Å². The average molecular weight is 467 g/mol. The van der Waals surface area contributed by atoms with Gasteiger partial charge in [0.15, 0.2) is 0 Å². The summed E-state index contributed by atoms with van der Waals surface area (Å²) < 4.78 is 14.5. The Morgan fingerprint density at radius 2 is 1.82 bits per heavy atom. The summed E-state index contributed by atoms with van der Waals surface area (Å²) in [5.74, 6) is 1.74. The van der Waals surface area contributed by atoms with Crippen LogP contribution >= 0.6 is 11.6 Å². The van der Waals surface area contributed by atoms with Crippen LogP contribution in [0.25, 0.3) is 5.69 Å². The van der Waals surface area contributed by atoms with Gasteiger partial charge in [-0.3, -0.25) is 0 Å². The van der Waals surface area contributed by atoms with Crippen LogP contribution in [-0.4, -0.2) is 52.5 Å². The Morgan fingerprint density at radius 3 is 2.58 bits per heavy atom. The topological polar surface area (TPSA) is 46.9 Å². The first-order valence-electron chi connectivity index (χ1n) is 11.7. The van der Waals surface area contributed by atoms with Crippen LogP contribution in [0, 0.1) is 13.8 Å². The highest BCUT2D eigenvalue weighted by Gasteiger charge is 2.42. The van der Waals surface area contributed by atoms with Crippen LogP contribution in [0.3, 0.4) is 0 Å². The Labute approximate surface area is 200 Å². The van der Waals surface area contributed by atoms with Gasteiger partial charge in [0.1, 0.15) is 29.8 Å². The number of halogens is 1. The molecule has 33 heavy (non-hydrogen) atoms. The first kappa shape index (κ1) is 22.3. The van der Waals surface area contributed by atoms with Gasteiger partial charge in [-0.2, -0.15) is 0 Å². The molecule has 5 nitrogen and oxygen atoms in total. The van der Waals surface area contributed by atoms with Crippen molar-refractivity contribution in [3.63, 3.8) is 0 Å². The third kappa shape index (κ3) is 4.77. The number of nitrogens with zero attached hydrogens (tertiary/aromatic N) is 2. The molecule has 2 aromatic carbocycles. The second-order valence-corrected chi connectivity index (χ2v) is 9.86. The fourth-order valence-corrected chi connectivity index (χ4v) is 5.35. The number of benzene rings is 2. The lowest BCUT2D eigenvalue weighted by Crippen LogP contribution is -2.49. The summed E-state index contributed by atoms with van der Waals surface area (Å²) in [7, 11) is 0. The number of fused-ring (bicyclic) bond motifs is 1. The van der Waals surface area contributed by atoms with E-state index < -0.39 is 6.10 Å². The molecule has 3 heterocycles. The molecule has 2 aliphatic rings. The molecule has 1 N–H and O–H groups in total. The lowest BCUT2D eigenvalue weighted by atomic mass is 9.87. The lowest BCUT2D eigenvalue weighted by Gasteiger charge is -2.39. The number of aliphatic hydroxyl groups is 1. The van der Waals surface area contributed by atoms with Crippen molar-refractivity contribution in [1.29, 1.82) is 0 Å². The zero-order valence-electron chi connectivity index (χ0n) is 19.3. The van der Waals surface area contributed by atoms with Gasteiger partial charge in [0.25, 0.3) is 0 Å². The molecule has 0 unspecified atom stereocenters. The zero-order chi connectivity index (χ0) is 23.0. The first-order chi connectivity index (χ1) is 15.9. The van der Waals surface area contributed by atoms with Crippen molar-refractivity contribution < 1.29 is 14.6 Å². The number of piperidine rings is 1. The van der Waals surface area contributed by atoms with E-state index in [2.05, 4.69) is 41.5 Å². The first-order valence-corrected chi connectivity index (χ1v) is 12.0. The molecule has 6 heteroatoms. The second-order valence-electron chi connectivity index (χ2n) is 9.43. The Bertz CT molecular complexity index is 1110. The van der Waals surface area contributed by atoms with E-state index in [1.165, 1.54) is 17.0 Å². The molecular weight excluding hydrogens is 436 g/mol. The van der Waals surface area contributed by atoms with Gasteiger partial charge in [-0.05, 0) is 61.9 Å². The molecule has 3 aromatic rings. The summed E-state index contributed by atoms with van der Waals surface area (Å²) in [5, 5.41) is 11.4. The number of aryl methyl sites for hydroxylation is 2. The maximum Gasteiger partial charge on any atom is 0.123 e.